The molecule has 0 N–H and O–H groups in total. The van der Waals surface area contributed by atoms with Gasteiger partial charge in [-0.2, -0.15) is 5.26 Å². The monoisotopic (exact) mass is 171 g/mol. The lowest BCUT2D eigenvalue weighted by atomic mass is 10.2. The zero-order chi connectivity index (χ0) is 9.40. The van der Waals surface area contributed by atoms with E-state index in [1.165, 1.54) is 7.11 Å². The lowest BCUT2D eigenvalue weighted by Gasteiger charge is -2.07. The molecule has 0 fully saturated rings. The highest BCUT2D eigenvalue weighted by Gasteiger charge is 2.12. The number of ether oxygens (including phenoxy) is 2. The van der Waals surface area contributed by atoms with E-state index in [0.29, 0.717) is 6.42 Å². The van der Waals surface area contributed by atoms with Gasteiger partial charge in [-0.3, -0.25) is 0 Å². The molecule has 0 aliphatic carbocycles. The van der Waals surface area contributed by atoms with Gasteiger partial charge in [-0.25, -0.2) is 4.79 Å². The minimum Gasteiger partial charge on any atom is -0.438 e. The summed E-state index contributed by atoms with van der Waals surface area (Å²) in [7, 11) is 1.22. The second kappa shape index (κ2) is 6.47. The highest BCUT2D eigenvalue weighted by atomic mass is 16.7. The van der Waals surface area contributed by atoms with Crippen LogP contribution in [0.1, 0.15) is 26.2 Å². The molecule has 0 amide bonds. The maximum atomic E-state index is 10.5. The van der Waals surface area contributed by atoms with Crippen LogP contribution in [0.3, 0.4) is 0 Å². The van der Waals surface area contributed by atoms with Gasteiger partial charge in [0.1, 0.15) is 6.07 Å². The summed E-state index contributed by atoms with van der Waals surface area (Å²) in [6.45, 7) is 2.01. The molecule has 0 saturated carbocycles. The fourth-order valence-corrected chi connectivity index (χ4v) is 0.704. The van der Waals surface area contributed by atoms with Crippen LogP contribution in [-0.4, -0.2) is 19.4 Å². The third kappa shape index (κ3) is 4.56. The molecule has 0 aromatic heterocycles. The Hall–Kier alpha value is -1.24. The standard InChI is InChI=1S/C8H13NO3/c1-3-4-5-7(6-9)12-8(10)11-2/h7H,3-5H2,1-2H3. The quantitative estimate of drug-likeness (QED) is 0.605. The van der Waals surface area contributed by atoms with Crippen molar-refractivity contribution in [2.45, 2.75) is 32.3 Å². The predicted octanol–water partition coefficient (Wildman–Crippen LogP) is 1.85. The Morgan fingerprint density at radius 1 is 1.67 bits per heavy atom. The number of methoxy groups -OCH3 is 1. The van der Waals surface area contributed by atoms with E-state index in [9.17, 15) is 4.79 Å². The largest absolute Gasteiger partial charge is 0.509 e. The molecule has 0 radical (unpaired) electrons. The minimum atomic E-state index is -0.794. The molecule has 1 unspecified atom stereocenters. The predicted molar refractivity (Wildman–Crippen MR) is 42.4 cm³/mol. The molecular formula is C8H13NO3. The van der Waals surface area contributed by atoms with Gasteiger partial charge in [0.25, 0.3) is 0 Å². The summed E-state index contributed by atoms with van der Waals surface area (Å²) in [5, 5.41) is 8.51. The molecule has 0 aliphatic heterocycles. The lowest BCUT2D eigenvalue weighted by molar-refractivity contribution is 0.0516. The average Bonchev–Trinajstić information content (AvgIpc) is 2.11. The topological polar surface area (TPSA) is 59.3 Å². The molecular weight excluding hydrogens is 158 g/mol. The first-order valence-electron chi connectivity index (χ1n) is 3.88. The molecule has 0 saturated heterocycles. The molecule has 0 spiro atoms. The van der Waals surface area contributed by atoms with Gasteiger partial charge < -0.3 is 9.47 Å². The summed E-state index contributed by atoms with van der Waals surface area (Å²) in [4.78, 5) is 10.5. The normalized spacial score (nSPS) is 11.4. The maximum absolute atomic E-state index is 10.5. The summed E-state index contributed by atoms with van der Waals surface area (Å²) < 4.78 is 8.88. The van der Waals surface area contributed by atoms with E-state index in [1.54, 1.807) is 0 Å². The SMILES string of the molecule is CCCCC(C#N)OC(=O)OC. The molecule has 1 atom stereocenters. The van der Waals surface area contributed by atoms with E-state index in [4.69, 9.17) is 5.26 Å². The van der Waals surface area contributed by atoms with Gasteiger partial charge in [0.05, 0.1) is 7.11 Å². The first kappa shape index (κ1) is 10.8. The Kier molecular flexibility index (Phi) is 5.80. The van der Waals surface area contributed by atoms with Crippen LogP contribution in [0.4, 0.5) is 4.79 Å². The smallest absolute Gasteiger partial charge is 0.438 e. The molecule has 0 aliphatic rings. The number of nitriles is 1. The summed E-state index contributed by atoms with van der Waals surface area (Å²) in [6.07, 6.45) is 0.954. The van der Waals surface area contributed by atoms with Gasteiger partial charge in [-0.05, 0) is 12.8 Å². The Labute approximate surface area is 72.1 Å². The van der Waals surface area contributed by atoms with Crippen LogP contribution >= 0.6 is 0 Å². The zero-order valence-electron chi connectivity index (χ0n) is 7.37. The summed E-state index contributed by atoms with van der Waals surface area (Å²) in [6, 6.07) is 1.88. The Morgan fingerprint density at radius 3 is 2.75 bits per heavy atom. The highest BCUT2D eigenvalue weighted by molar-refractivity contribution is 5.60. The fourth-order valence-electron chi connectivity index (χ4n) is 0.704. The van der Waals surface area contributed by atoms with Crippen LogP contribution < -0.4 is 0 Å². The summed E-state index contributed by atoms with van der Waals surface area (Å²) in [5.41, 5.74) is 0. The van der Waals surface area contributed by atoms with Crippen molar-refractivity contribution in [1.29, 1.82) is 5.26 Å². The van der Waals surface area contributed by atoms with Crippen molar-refractivity contribution in [3.05, 3.63) is 0 Å². The van der Waals surface area contributed by atoms with Crippen LogP contribution in [0.5, 0.6) is 0 Å². The molecule has 68 valence electrons. The lowest BCUT2D eigenvalue weighted by Crippen LogP contribution is -2.16. The fraction of sp³-hybridized carbons (Fsp3) is 0.750. The average molecular weight is 171 g/mol. The van der Waals surface area contributed by atoms with E-state index < -0.39 is 12.3 Å². The summed E-state index contributed by atoms with van der Waals surface area (Å²) >= 11 is 0. The van der Waals surface area contributed by atoms with E-state index in [1.807, 2.05) is 13.0 Å². The number of carbonyl (C=O) groups excluding carboxylic acids is 1. The first-order valence-corrected chi connectivity index (χ1v) is 3.88. The molecule has 4 nitrogen and oxygen atoms in total. The van der Waals surface area contributed by atoms with E-state index in [2.05, 4.69) is 9.47 Å². The Balaban J connectivity index is 3.69. The molecule has 4 heteroatoms. The van der Waals surface area contributed by atoms with Crippen LogP contribution in [0.2, 0.25) is 0 Å². The molecule has 0 heterocycles. The second-order valence-corrected chi connectivity index (χ2v) is 2.33. The third-order valence-electron chi connectivity index (χ3n) is 1.37. The van der Waals surface area contributed by atoms with Crippen molar-refractivity contribution in [2.75, 3.05) is 7.11 Å². The van der Waals surface area contributed by atoms with Crippen molar-refractivity contribution < 1.29 is 14.3 Å². The zero-order valence-corrected chi connectivity index (χ0v) is 7.37. The van der Waals surface area contributed by atoms with Crippen molar-refractivity contribution in [3.8, 4) is 6.07 Å². The van der Waals surface area contributed by atoms with Crippen LogP contribution in [0, 0.1) is 11.3 Å². The van der Waals surface area contributed by atoms with E-state index in [0.717, 1.165) is 12.8 Å². The van der Waals surface area contributed by atoms with Crippen molar-refractivity contribution >= 4 is 6.16 Å². The Morgan fingerprint density at radius 2 is 2.33 bits per heavy atom. The molecule has 12 heavy (non-hydrogen) atoms. The number of carbonyl (C=O) groups is 1. The van der Waals surface area contributed by atoms with Crippen molar-refractivity contribution in [1.82, 2.24) is 0 Å². The number of nitrogens with zero attached hydrogens (tertiary/aromatic N) is 1. The minimum absolute atomic E-state index is 0.572. The Bertz CT molecular complexity index is 174. The third-order valence-corrected chi connectivity index (χ3v) is 1.37. The van der Waals surface area contributed by atoms with Gasteiger partial charge in [0.2, 0.25) is 0 Å². The van der Waals surface area contributed by atoms with Gasteiger partial charge in [0, 0.05) is 0 Å². The van der Waals surface area contributed by atoms with E-state index in [-0.39, 0.29) is 0 Å². The van der Waals surface area contributed by atoms with Crippen LogP contribution in [-0.2, 0) is 9.47 Å². The molecule has 0 bridgehead atoms. The summed E-state index contributed by atoms with van der Waals surface area (Å²) in [5.74, 6) is 0. The van der Waals surface area contributed by atoms with Crippen LogP contribution in [0.15, 0.2) is 0 Å². The number of rotatable bonds is 4. The molecule has 0 aromatic carbocycles. The molecule has 0 rings (SSSR count). The maximum Gasteiger partial charge on any atom is 0.509 e. The van der Waals surface area contributed by atoms with Crippen molar-refractivity contribution in [2.24, 2.45) is 0 Å². The van der Waals surface area contributed by atoms with Gasteiger partial charge in [0.15, 0.2) is 6.10 Å². The van der Waals surface area contributed by atoms with Gasteiger partial charge >= 0.3 is 6.16 Å². The van der Waals surface area contributed by atoms with E-state index >= 15 is 0 Å². The first-order chi connectivity index (χ1) is 5.74. The van der Waals surface area contributed by atoms with Crippen LogP contribution in [0.25, 0.3) is 0 Å². The van der Waals surface area contributed by atoms with Crippen molar-refractivity contribution in [3.63, 3.8) is 0 Å². The molecule has 0 aromatic rings. The highest BCUT2D eigenvalue weighted by Crippen LogP contribution is 2.04. The van der Waals surface area contributed by atoms with Gasteiger partial charge in [-0.15, -0.1) is 0 Å². The number of unbranched alkanes of at least 4 members (excludes halogenated alkanes) is 1. The second-order valence-electron chi connectivity index (χ2n) is 2.33. The number of hydrogen-bond acceptors (Lipinski definition) is 4. The number of hydrogen-bond donors (Lipinski definition) is 0. The van der Waals surface area contributed by atoms with Gasteiger partial charge in [-0.1, -0.05) is 13.3 Å².